The summed E-state index contributed by atoms with van der Waals surface area (Å²) in [4.78, 5) is 11.2. The molecule has 1 aliphatic rings. The van der Waals surface area contributed by atoms with Gasteiger partial charge < -0.3 is 5.73 Å². The molecule has 2 aromatic carbocycles. The fraction of sp³-hybridized carbons (Fsp3) is 0.176. The third-order valence-corrected chi connectivity index (χ3v) is 4.55. The normalized spacial score (nSPS) is 14.1. The number of carbonyl (C=O) groups is 1. The fourth-order valence-electron chi connectivity index (χ4n) is 2.95. The van der Waals surface area contributed by atoms with Crippen molar-refractivity contribution in [2.75, 3.05) is 5.32 Å². The van der Waals surface area contributed by atoms with Gasteiger partial charge in [-0.05, 0) is 30.4 Å². The number of hydrogen-bond donors (Lipinski definition) is 3. The highest BCUT2D eigenvalue weighted by molar-refractivity contribution is 6.35. The number of benzene rings is 2. The summed E-state index contributed by atoms with van der Waals surface area (Å²) in [6.07, 6.45) is 2.23. The molecule has 3 aromatic rings. The Bertz CT molecular complexity index is 900. The number of nitrogens with two attached hydrogens (primary N) is 1. The maximum Gasteiger partial charge on any atom is 0.317 e. The van der Waals surface area contributed by atoms with Crippen LogP contribution in [0.25, 0.3) is 22.0 Å². The Labute approximate surface area is 137 Å². The zero-order valence-corrected chi connectivity index (χ0v) is 13.0. The van der Waals surface area contributed by atoms with E-state index in [0.29, 0.717) is 11.7 Å². The molecule has 23 heavy (non-hydrogen) atoms. The first-order valence-electron chi connectivity index (χ1n) is 7.47. The summed E-state index contributed by atoms with van der Waals surface area (Å²) in [5.41, 5.74) is 9.16. The molecule has 0 saturated heterocycles. The monoisotopic (exact) mass is 326 g/mol. The summed E-state index contributed by atoms with van der Waals surface area (Å²) in [6.45, 7) is 0. The maximum absolute atomic E-state index is 11.2. The number of aromatic amines is 1. The Morgan fingerprint density at radius 3 is 2.70 bits per heavy atom. The molecule has 0 spiro atoms. The van der Waals surface area contributed by atoms with Crippen molar-refractivity contribution >= 4 is 34.4 Å². The number of nitrogens with zero attached hydrogens (tertiary/aromatic N) is 1. The molecule has 1 aliphatic carbocycles. The Morgan fingerprint density at radius 1 is 1.30 bits per heavy atom. The van der Waals surface area contributed by atoms with E-state index >= 15 is 0 Å². The van der Waals surface area contributed by atoms with E-state index < -0.39 is 6.03 Å². The first-order chi connectivity index (χ1) is 11.1. The second-order valence-corrected chi connectivity index (χ2v) is 6.15. The molecule has 5 nitrogen and oxygen atoms in total. The fourth-order valence-corrected chi connectivity index (χ4v) is 3.37. The quantitative estimate of drug-likeness (QED) is 0.672. The number of anilines is 1. The van der Waals surface area contributed by atoms with Crippen molar-refractivity contribution in [3.05, 3.63) is 47.0 Å². The highest BCUT2D eigenvalue weighted by atomic mass is 35.5. The molecule has 0 atom stereocenters. The van der Waals surface area contributed by atoms with Gasteiger partial charge in [-0.3, -0.25) is 10.4 Å². The number of amides is 2. The number of primary amides is 1. The van der Waals surface area contributed by atoms with Crippen LogP contribution >= 0.6 is 11.6 Å². The van der Waals surface area contributed by atoms with Crippen LogP contribution in [0.15, 0.2) is 36.4 Å². The lowest BCUT2D eigenvalue weighted by Crippen LogP contribution is -2.19. The zero-order chi connectivity index (χ0) is 16.0. The Balaban J connectivity index is 1.99. The number of carbonyl (C=O) groups excluding carboxylic acids is 1. The van der Waals surface area contributed by atoms with Gasteiger partial charge in [-0.2, -0.15) is 5.10 Å². The lowest BCUT2D eigenvalue weighted by atomic mass is 9.97. The van der Waals surface area contributed by atoms with Crippen LogP contribution in [0.4, 0.5) is 10.6 Å². The number of aromatic nitrogens is 2. The number of halogens is 1. The number of hydrogen-bond acceptors (Lipinski definition) is 2. The van der Waals surface area contributed by atoms with Crippen LogP contribution in [0.2, 0.25) is 5.02 Å². The minimum absolute atomic E-state index is 0.434. The van der Waals surface area contributed by atoms with Gasteiger partial charge in [0.2, 0.25) is 0 Å². The Kier molecular flexibility index (Phi) is 3.23. The number of fused-ring (bicyclic) bond motifs is 1. The van der Waals surface area contributed by atoms with Gasteiger partial charge in [0.25, 0.3) is 0 Å². The lowest BCUT2D eigenvalue weighted by Gasteiger charge is -2.11. The smallest absolute Gasteiger partial charge is 0.317 e. The highest BCUT2D eigenvalue weighted by Gasteiger charge is 2.31. The van der Waals surface area contributed by atoms with E-state index in [1.807, 2.05) is 36.4 Å². The van der Waals surface area contributed by atoms with Crippen molar-refractivity contribution in [3.63, 3.8) is 0 Å². The van der Waals surface area contributed by atoms with Crippen molar-refractivity contribution in [2.45, 2.75) is 18.8 Å². The van der Waals surface area contributed by atoms with E-state index in [2.05, 4.69) is 15.5 Å². The van der Waals surface area contributed by atoms with Crippen LogP contribution in [0, 0.1) is 0 Å². The van der Waals surface area contributed by atoms with Gasteiger partial charge in [-0.15, -0.1) is 0 Å². The maximum atomic E-state index is 11.2. The van der Waals surface area contributed by atoms with Crippen LogP contribution < -0.4 is 11.1 Å². The summed E-state index contributed by atoms with van der Waals surface area (Å²) < 4.78 is 0. The molecule has 4 N–H and O–H groups in total. The van der Waals surface area contributed by atoms with Gasteiger partial charge in [0, 0.05) is 16.5 Å². The van der Waals surface area contributed by atoms with Crippen LogP contribution in [-0.4, -0.2) is 16.2 Å². The van der Waals surface area contributed by atoms with E-state index in [4.69, 9.17) is 17.3 Å². The van der Waals surface area contributed by atoms with Gasteiger partial charge >= 0.3 is 6.03 Å². The van der Waals surface area contributed by atoms with Gasteiger partial charge in [-0.25, -0.2) is 4.79 Å². The van der Waals surface area contributed by atoms with E-state index in [-0.39, 0.29) is 0 Å². The predicted octanol–water partition coefficient (Wildman–Crippen LogP) is 4.25. The molecule has 0 aliphatic heterocycles. The third-order valence-electron chi connectivity index (χ3n) is 4.15. The molecule has 1 aromatic heterocycles. The molecule has 2 amide bonds. The summed E-state index contributed by atoms with van der Waals surface area (Å²) in [5.74, 6) is 0.874. The molecule has 0 unspecified atom stereocenters. The summed E-state index contributed by atoms with van der Waals surface area (Å²) in [6, 6.07) is 11.3. The summed E-state index contributed by atoms with van der Waals surface area (Å²) >= 11 is 6.71. The average Bonchev–Trinajstić information content (AvgIpc) is 3.30. The van der Waals surface area contributed by atoms with Gasteiger partial charge in [0.15, 0.2) is 5.82 Å². The number of urea groups is 1. The highest BCUT2D eigenvalue weighted by Crippen LogP contribution is 2.49. The van der Waals surface area contributed by atoms with E-state index in [1.165, 1.54) is 0 Å². The second kappa shape index (κ2) is 5.28. The van der Waals surface area contributed by atoms with Gasteiger partial charge in [0.05, 0.1) is 10.5 Å². The third kappa shape index (κ3) is 2.43. The van der Waals surface area contributed by atoms with Crippen LogP contribution in [0.1, 0.15) is 24.3 Å². The molecule has 0 bridgehead atoms. The molecule has 0 radical (unpaired) electrons. The van der Waals surface area contributed by atoms with Crippen LogP contribution in [0.5, 0.6) is 0 Å². The molecule has 116 valence electrons. The first kappa shape index (κ1) is 14.1. The van der Waals surface area contributed by atoms with E-state index in [0.717, 1.165) is 45.5 Å². The summed E-state index contributed by atoms with van der Waals surface area (Å²) in [7, 11) is 0. The molecule has 1 saturated carbocycles. The topological polar surface area (TPSA) is 83.8 Å². The molecule has 1 heterocycles. The molecular weight excluding hydrogens is 312 g/mol. The van der Waals surface area contributed by atoms with Crippen molar-refractivity contribution in [3.8, 4) is 11.1 Å². The largest absolute Gasteiger partial charge is 0.351 e. The Morgan fingerprint density at radius 2 is 2.04 bits per heavy atom. The van der Waals surface area contributed by atoms with Gasteiger partial charge in [-0.1, -0.05) is 41.9 Å². The number of nitrogens with one attached hydrogen (secondary N) is 2. The summed E-state index contributed by atoms with van der Waals surface area (Å²) in [5, 5.41) is 11.3. The van der Waals surface area contributed by atoms with Crippen LogP contribution in [0.3, 0.4) is 0 Å². The lowest BCUT2D eigenvalue weighted by molar-refractivity contribution is 0.259. The van der Waals surface area contributed by atoms with Crippen molar-refractivity contribution in [1.82, 2.24) is 10.2 Å². The van der Waals surface area contributed by atoms with Crippen molar-refractivity contribution in [1.29, 1.82) is 0 Å². The molecular formula is C17H15ClN4O. The standard InChI is InChI=1S/C17H15ClN4O/c18-14-11(9-4-2-1-3-5-9)8-12-15(13(14)10-6-7-10)21-22-16(12)20-17(19)23/h1-5,8,10H,6-7H2,(H4,19,20,21,22,23). The predicted molar refractivity (Wildman–Crippen MR) is 91.7 cm³/mol. The van der Waals surface area contributed by atoms with E-state index in [9.17, 15) is 4.79 Å². The van der Waals surface area contributed by atoms with E-state index in [1.54, 1.807) is 0 Å². The minimum Gasteiger partial charge on any atom is -0.351 e. The second-order valence-electron chi connectivity index (χ2n) is 5.78. The Hall–Kier alpha value is -2.53. The SMILES string of the molecule is NC(=O)Nc1n[nH]c2c(C3CC3)c(Cl)c(-c3ccccc3)cc12. The average molecular weight is 327 g/mol. The first-order valence-corrected chi connectivity index (χ1v) is 7.85. The molecule has 1 fully saturated rings. The van der Waals surface area contributed by atoms with Crippen molar-refractivity contribution in [2.24, 2.45) is 5.73 Å². The zero-order valence-electron chi connectivity index (χ0n) is 12.3. The minimum atomic E-state index is -0.636. The van der Waals surface area contributed by atoms with Gasteiger partial charge in [0.1, 0.15) is 0 Å². The van der Waals surface area contributed by atoms with Crippen molar-refractivity contribution < 1.29 is 4.79 Å². The van der Waals surface area contributed by atoms with Crippen LogP contribution in [-0.2, 0) is 0 Å². The number of H-pyrrole nitrogens is 1. The molecule has 4 rings (SSSR count). The molecule has 6 heteroatoms. The number of rotatable bonds is 3.